The van der Waals surface area contributed by atoms with Gasteiger partial charge in [-0.25, -0.2) is 9.97 Å². The Labute approximate surface area is 101 Å². The molecule has 2 N–H and O–H groups in total. The minimum absolute atomic E-state index is 0.721. The summed E-state index contributed by atoms with van der Waals surface area (Å²) in [6, 6.07) is 2.56. The lowest BCUT2D eigenvalue weighted by Gasteiger charge is -2.10. The summed E-state index contributed by atoms with van der Waals surface area (Å²) in [6.45, 7) is 2.00. The molecule has 0 saturated carbocycles. The fourth-order valence-electron chi connectivity index (χ4n) is 1.68. The summed E-state index contributed by atoms with van der Waals surface area (Å²) in [5, 5.41) is 6.77. The molecule has 1 aromatic heterocycles. The Kier molecular flexibility index (Phi) is 4.89. The van der Waals surface area contributed by atoms with E-state index in [0.717, 1.165) is 31.5 Å². The lowest BCUT2D eigenvalue weighted by molar-refractivity contribution is 0.550. The highest BCUT2D eigenvalue weighted by molar-refractivity contribution is 7.99. The number of anilines is 1. The molecule has 0 bridgehead atoms. The van der Waals surface area contributed by atoms with Crippen LogP contribution in [0.15, 0.2) is 18.5 Å². The van der Waals surface area contributed by atoms with E-state index < -0.39 is 0 Å². The highest BCUT2D eigenvalue weighted by Gasteiger charge is 2.13. The van der Waals surface area contributed by atoms with Gasteiger partial charge in [-0.2, -0.15) is 11.8 Å². The molecular formula is C11H18N4S. The maximum atomic E-state index is 4.11. The molecule has 0 aromatic carbocycles. The van der Waals surface area contributed by atoms with Crippen LogP contribution in [0.4, 0.5) is 5.95 Å². The first kappa shape index (κ1) is 11.7. The number of nitrogens with zero attached hydrogens (tertiary/aromatic N) is 2. The molecule has 0 aliphatic carbocycles. The number of rotatable bonds is 6. The minimum atomic E-state index is 0.721. The summed E-state index contributed by atoms with van der Waals surface area (Å²) in [5.74, 6) is 3.31. The molecular weight excluding hydrogens is 220 g/mol. The van der Waals surface area contributed by atoms with Crippen LogP contribution in [0.1, 0.15) is 12.8 Å². The molecule has 88 valence electrons. The van der Waals surface area contributed by atoms with Gasteiger partial charge in [0.25, 0.3) is 0 Å². The first-order valence-electron chi connectivity index (χ1n) is 5.77. The number of hydrogen-bond acceptors (Lipinski definition) is 5. The topological polar surface area (TPSA) is 49.8 Å². The van der Waals surface area contributed by atoms with E-state index in [-0.39, 0.29) is 0 Å². The molecule has 0 amide bonds. The zero-order chi connectivity index (χ0) is 11.1. The van der Waals surface area contributed by atoms with Crippen molar-refractivity contribution in [3.8, 4) is 0 Å². The SMILES string of the molecule is c1cnc(NCCCN[C@H]2CCSC2)nc1. The Bertz CT molecular complexity index is 287. The van der Waals surface area contributed by atoms with Crippen LogP contribution in [0.3, 0.4) is 0 Å². The van der Waals surface area contributed by atoms with Gasteiger partial charge in [-0.05, 0) is 31.2 Å². The van der Waals surface area contributed by atoms with Crippen LogP contribution in [-0.4, -0.2) is 40.6 Å². The molecule has 1 saturated heterocycles. The van der Waals surface area contributed by atoms with Crippen LogP contribution < -0.4 is 10.6 Å². The maximum Gasteiger partial charge on any atom is 0.222 e. The highest BCUT2D eigenvalue weighted by atomic mass is 32.2. The normalized spacial score (nSPS) is 19.9. The fraction of sp³-hybridized carbons (Fsp3) is 0.636. The second-order valence-electron chi connectivity index (χ2n) is 3.87. The van der Waals surface area contributed by atoms with Crippen LogP contribution >= 0.6 is 11.8 Å². The van der Waals surface area contributed by atoms with Crippen molar-refractivity contribution in [2.75, 3.05) is 29.9 Å². The van der Waals surface area contributed by atoms with Gasteiger partial charge in [0.05, 0.1) is 0 Å². The quantitative estimate of drug-likeness (QED) is 0.733. The summed E-state index contributed by atoms with van der Waals surface area (Å²) in [6.07, 6.45) is 5.94. The molecule has 4 nitrogen and oxygen atoms in total. The van der Waals surface area contributed by atoms with Crippen molar-refractivity contribution in [2.45, 2.75) is 18.9 Å². The fourth-order valence-corrected chi connectivity index (χ4v) is 2.87. The van der Waals surface area contributed by atoms with Gasteiger partial charge in [-0.15, -0.1) is 0 Å². The van der Waals surface area contributed by atoms with E-state index in [1.165, 1.54) is 17.9 Å². The second kappa shape index (κ2) is 6.70. The van der Waals surface area contributed by atoms with Gasteiger partial charge in [0, 0.05) is 30.7 Å². The van der Waals surface area contributed by atoms with Gasteiger partial charge in [0.15, 0.2) is 0 Å². The van der Waals surface area contributed by atoms with Gasteiger partial charge in [-0.3, -0.25) is 0 Å². The minimum Gasteiger partial charge on any atom is -0.354 e. The average Bonchev–Trinajstić information content (AvgIpc) is 2.83. The number of nitrogens with one attached hydrogen (secondary N) is 2. The van der Waals surface area contributed by atoms with Crippen molar-refractivity contribution in [1.82, 2.24) is 15.3 Å². The molecule has 1 aliphatic rings. The van der Waals surface area contributed by atoms with Crippen molar-refractivity contribution in [2.24, 2.45) is 0 Å². The predicted octanol–water partition coefficient (Wildman–Crippen LogP) is 1.37. The van der Waals surface area contributed by atoms with E-state index in [0.29, 0.717) is 0 Å². The molecule has 1 aromatic rings. The van der Waals surface area contributed by atoms with E-state index in [1.807, 2.05) is 17.8 Å². The van der Waals surface area contributed by atoms with Crippen molar-refractivity contribution < 1.29 is 0 Å². The summed E-state index contributed by atoms with van der Waals surface area (Å²) in [4.78, 5) is 8.22. The highest BCUT2D eigenvalue weighted by Crippen LogP contribution is 2.16. The predicted molar refractivity (Wildman–Crippen MR) is 68.9 cm³/mol. The average molecular weight is 238 g/mol. The summed E-state index contributed by atoms with van der Waals surface area (Å²) in [5.41, 5.74) is 0. The molecule has 0 unspecified atom stereocenters. The van der Waals surface area contributed by atoms with Crippen LogP contribution in [0.5, 0.6) is 0 Å². The Morgan fingerprint density at radius 2 is 2.19 bits per heavy atom. The van der Waals surface area contributed by atoms with Gasteiger partial charge in [0.2, 0.25) is 5.95 Å². The summed E-state index contributed by atoms with van der Waals surface area (Å²) in [7, 11) is 0. The number of thioether (sulfide) groups is 1. The zero-order valence-corrected chi connectivity index (χ0v) is 10.2. The molecule has 1 aliphatic heterocycles. The van der Waals surface area contributed by atoms with E-state index in [1.54, 1.807) is 12.4 Å². The van der Waals surface area contributed by atoms with Crippen molar-refractivity contribution in [1.29, 1.82) is 0 Å². The smallest absolute Gasteiger partial charge is 0.222 e. The third-order valence-corrected chi connectivity index (χ3v) is 3.73. The van der Waals surface area contributed by atoms with Crippen molar-refractivity contribution in [3.05, 3.63) is 18.5 Å². The van der Waals surface area contributed by atoms with Crippen LogP contribution in [0.25, 0.3) is 0 Å². The largest absolute Gasteiger partial charge is 0.354 e. The molecule has 2 heterocycles. The van der Waals surface area contributed by atoms with Gasteiger partial charge >= 0.3 is 0 Å². The second-order valence-corrected chi connectivity index (χ2v) is 5.02. The van der Waals surface area contributed by atoms with Gasteiger partial charge in [-0.1, -0.05) is 0 Å². The summed E-state index contributed by atoms with van der Waals surface area (Å²) >= 11 is 2.04. The molecule has 0 radical (unpaired) electrons. The Morgan fingerprint density at radius 1 is 1.31 bits per heavy atom. The van der Waals surface area contributed by atoms with Crippen LogP contribution in [-0.2, 0) is 0 Å². The van der Waals surface area contributed by atoms with Crippen molar-refractivity contribution in [3.63, 3.8) is 0 Å². The Balaban J connectivity index is 1.52. The van der Waals surface area contributed by atoms with Gasteiger partial charge in [0.1, 0.15) is 0 Å². The van der Waals surface area contributed by atoms with Crippen LogP contribution in [0, 0.1) is 0 Å². The standard InChI is InChI=1S/C11H18N4S/c1(4-12-10-3-8-16-9-10)5-13-11-14-6-2-7-15-11/h2,6-7,10,12H,1,3-5,8-9H2,(H,13,14,15)/t10-/m0/s1. The Hall–Kier alpha value is -0.810. The zero-order valence-electron chi connectivity index (χ0n) is 9.35. The maximum absolute atomic E-state index is 4.11. The monoisotopic (exact) mass is 238 g/mol. The lowest BCUT2D eigenvalue weighted by atomic mass is 10.2. The van der Waals surface area contributed by atoms with Crippen LogP contribution in [0.2, 0.25) is 0 Å². The number of aromatic nitrogens is 2. The molecule has 16 heavy (non-hydrogen) atoms. The summed E-state index contributed by atoms with van der Waals surface area (Å²) < 4.78 is 0. The molecule has 2 rings (SSSR count). The first-order valence-corrected chi connectivity index (χ1v) is 6.92. The third-order valence-electron chi connectivity index (χ3n) is 2.57. The molecule has 0 spiro atoms. The Morgan fingerprint density at radius 3 is 2.94 bits per heavy atom. The first-order chi connectivity index (χ1) is 7.95. The van der Waals surface area contributed by atoms with E-state index in [2.05, 4.69) is 20.6 Å². The van der Waals surface area contributed by atoms with E-state index in [4.69, 9.17) is 0 Å². The van der Waals surface area contributed by atoms with E-state index in [9.17, 15) is 0 Å². The molecule has 1 fully saturated rings. The van der Waals surface area contributed by atoms with E-state index >= 15 is 0 Å². The third kappa shape index (κ3) is 3.98. The lowest BCUT2D eigenvalue weighted by Crippen LogP contribution is -2.30. The van der Waals surface area contributed by atoms with Gasteiger partial charge < -0.3 is 10.6 Å². The van der Waals surface area contributed by atoms with Crippen molar-refractivity contribution >= 4 is 17.7 Å². The number of hydrogen-bond donors (Lipinski definition) is 2. The molecule has 1 atom stereocenters. The molecule has 5 heteroatoms.